The van der Waals surface area contributed by atoms with Crippen LogP contribution in [-0.4, -0.2) is 53.6 Å². The summed E-state index contributed by atoms with van der Waals surface area (Å²) in [5.74, 6) is -2.04. The Bertz CT molecular complexity index is 609. The highest BCUT2D eigenvalue weighted by Crippen LogP contribution is 2.14. The predicted octanol–water partition coefficient (Wildman–Crippen LogP) is 6.44. The number of Topliss-reactive ketones (excluding diaryl/α,β-unsaturated/α-hetero) is 1. The van der Waals surface area contributed by atoms with Gasteiger partial charge < -0.3 is 20.3 Å². The number of carboxylic acid groups (broad SMARTS) is 2. The molecule has 0 aliphatic heterocycles. The van der Waals surface area contributed by atoms with E-state index >= 15 is 0 Å². The third kappa shape index (κ3) is 25.5. The van der Waals surface area contributed by atoms with Crippen LogP contribution in [0.5, 0.6) is 0 Å². The molecule has 0 aliphatic carbocycles. The standard InChI is InChI=1S/C29H53NO7/c1-37-24-18-19-25(31)22-23-26(29(35)36)30-27(32)20-16-14-12-10-8-6-4-2-3-5-7-9-11-13-15-17-21-28(33)34/h26H,2-24H2,1H3,(H,30,32)(H,33,34)(H,35,36). The molecule has 0 heterocycles. The van der Waals surface area contributed by atoms with Gasteiger partial charge in [-0.1, -0.05) is 89.9 Å². The lowest BCUT2D eigenvalue weighted by Crippen LogP contribution is -2.41. The zero-order chi connectivity index (χ0) is 27.6. The van der Waals surface area contributed by atoms with Crippen LogP contribution >= 0.6 is 0 Å². The smallest absolute Gasteiger partial charge is 0.326 e. The summed E-state index contributed by atoms with van der Waals surface area (Å²) in [4.78, 5) is 45.8. The van der Waals surface area contributed by atoms with E-state index in [9.17, 15) is 24.3 Å². The van der Waals surface area contributed by atoms with Gasteiger partial charge in [0.15, 0.2) is 0 Å². The van der Waals surface area contributed by atoms with Gasteiger partial charge in [0.1, 0.15) is 11.8 Å². The summed E-state index contributed by atoms with van der Waals surface area (Å²) in [6.07, 6.45) is 20.3. The van der Waals surface area contributed by atoms with Gasteiger partial charge in [0, 0.05) is 39.4 Å². The first-order chi connectivity index (χ1) is 17.9. The quantitative estimate of drug-likeness (QED) is 0.0998. The number of carbonyl (C=O) groups excluding carboxylic acids is 2. The molecule has 3 N–H and O–H groups in total. The number of carboxylic acids is 2. The zero-order valence-corrected chi connectivity index (χ0v) is 23.3. The van der Waals surface area contributed by atoms with Crippen LogP contribution in [0.1, 0.15) is 141 Å². The van der Waals surface area contributed by atoms with Gasteiger partial charge in [-0.15, -0.1) is 0 Å². The van der Waals surface area contributed by atoms with Crippen molar-refractivity contribution in [1.29, 1.82) is 0 Å². The van der Waals surface area contributed by atoms with E-state index in [2.05, 4.69) is 5.32 Å². The molecule has 0 bridgehead atoms. The van der Waals surface area contributed by atoms with Crippen molar-refractivity contribution in [3.63, 3.8) is 0 Å². The fourth-order valence-electron chi connectivity index (χ4n) is 4.40. The van der Waals surface area contributed by atoms with Gasteiger partial charge in [-0.3, -0.25) is 14.4 Å². The van der Waals surface area contributed by atoms with Crippen molar-refractivity contribution < 1.29 is 34.1 Å². The molecule has 37 heavy (non-hydrogen) atoms. The first-order valence-corrected chi connectivity index (χ1v) is 14.6. The van der Waals surface area contributed by atoms with Crippen molar-refractivity contribution in [1.82, 2.24) is 5.32 Å². The molecule has 0 saturated heterocycles. The minimum absolute atomic E-state index is 0.00384. The topological polar surface area (TPSA) is 130 Å². The third-order valence-corrected chi connectivity index (χ3v) is 6.69. The van der Waals surface area contributed by atoms with E-state index in [0.717, 1.165) is 38.5 Å². The molecule has 0 spiro atoms. The van der Waals surface area contributed by atoms with E-state index in [0.29, 0.717) is 32.3 Å². The van der Waals surface area contributed by atoms with Crippen LogP contribution in [0.2, 0.25) is 0 Å². The van der Waals surface area contributed by atoms with Gasteiger partial charge in [-0.2, -0.15) is 0 Å². The second-order valence-electron chi connectivity index (χ2n) is 10.2. The van der Waals surface area contributed by atoms with Crippen LogP contribution < -0.4 is 5.32 Å². The molecule has 1 unspecified atom stereocenters. The summed E-state index contributed by atoms with van der Waals surface area (Å²) in [5, 5.41) is 20.5. The van der Waals surface area contributed by atoms with Crippen LogP contribution in [0.15, 0.2) is 0 Å². The first-order valence-electron chi connectivity index (χ1n) is 14.6. The molecular formula is C29H53NO7. The molecular weight excluding hydrogens is 474 g/mol. The Balaban J connectivity index is 3.53. The van der Waals surface area contributed by atoms with E-state index < -0.39 is 18.0 Å². The van der Waals surface area contributed by atoms with Crippen molar-refractivity contribution in [2.75, 3.05) is 13.7 Å². The van der Waals surface area contributed by atoms with Crippen molar-refractivity contribution >= 4 is 23.6 Å². The normalized spacial score (nSPS) is 11.8. The Labute approximate surface area is 224 Å². The average molecular weight is 528 g/mol. The summed E-state index contributed by atoms with van der Waals surface area (Å²) in [6.45, 7) is 0.507. The summed E-state index contributed by atoms with van der Waals surface area (Å²) in [5.41, 5.74) is 0. The Morgan fingerprint density at radius 2 is 1.03 bits per heavy atom. The van der Waals surface area contributed by atoms with Gasteiger partial charge >= 0.3 is 11.9 Å². The van der Waals surface area contributed by atoms with E-state index in [4.69, 9.17) is 9.84 Å². The summed E-state index contributed by atoms with van der Waals surface area (Å²) in [7, 11) is 1.57. The summed E-state index contributed by atoms with van der Waals surface area (Å²) >= 11 is 0. The number of hydrogen-bond donors (Lipinski definition) is 3. The van der Waals surface area contributed by atoms with Crippen molar-refractivity contribution in [3.8, 4) is 0 Å². The summed E-state index contributed by atoms with van der Waals surface area (Å²) in [6, 6.07) is -1.01. The highest BCUT2D eigenvalue weighted by Gasteiger charge is 2.20. The number of ether oxygens (including phenoxy) is 1. The maximum atomic E-state index is 12.1. The Kier molecular flexibility index (Phi) is 24.3. The lowest BCUT2D eigenvalue weighted by molar-refractivity contribution is -0.142. The SMILES string of the molecule is COCCCC(=O)CCC(NC(=O)CCCCCCCCCCCCCCCCCCC(=O)O)C(=O)O. The maximum Gasteiger partial charge on any atom is 0.326 e. The fourth-order valence-corrected chi connectivity index (χ4v) is 4.40. The van der Waals surface area contributed by atoms with Crippen molar-refractivity contribution in [2.45, 2.75) is 147 Å². The molecule has 1 atom stereocenters. The molecule has 216 valence electrons. The number of aliphatic carboxylic acids is 2. The fraction of sp³-hybridized carbons (Fsp3) is 0.862. The number of rotatable bonds is 28. The third-order valence-electron chi connectivity index (χ3n) is 6.69. The lowest BCUT2D eigenvalue weighted by Gasteiger charge is -2.14. The van der Waals surface area contributed by atoms with Crippen molar-refractivity contribution in [2.24, 2.45) is 0 Å². The molecule has 0 rings (SSSR count). The summed E-state index contributed by atoms with van der Waals surface area (Å²) < 4.78 is 4.91. The van der Waals surface area contributed by atoms with E-state index in [1.807, 2.05) is 0 Å². The molecule has 0 fully saturated rings. The lowest BCUT2D eigenvalue weighted by atomic mass is 10.0. The number of unbranched alkanes of at least 4 members (excludes halogenated alkanes) is 15. The molecule has 0 radical (unpaired) electrons. The minimum Gasteiger partial charge on any atom is -0.481 e. The monoisotopic (exact) mass is 527 g/mol. The highest BCUT2D eigenvalue weighted by molar-refractivity contribution is 5.84. The Hall–Kier alpha value is -1.96. The predicted molar refractivity (Wildman–Crippen MR) is 146 cm³/mol. The molecule has 8 heteroatoms. The van der Waals surface area contributed by atoms with Crippen LogP contribution in [0.3, 0.4) is 0 Å². The van der Waals surface area contributed by atoms with Crippen molar-refractivity contribution in [3.05, 3.63) is 0 Å². The number of hydrogen-bond acceptors (Lipinski definition) is 5. The molecule has 0 aromatic rings. The maximum absolute atomic E-state index is 12.1. The molecule has 0 aromatic heterocycles. The number of nitrogens with one attached hydrogen (secondary N) is 1. The second-order valence-corrected chi connectivity index (χ2v) is 10.2. The van der Waals surface area contributed by atoms with E-state index in [1.165, 1.54) is 64.2 Å². The largest absolute Gasteiger partial charge is 0.481 e. The minimum atomic E-state index is -1.09. The number of carbonyl (C=O) groups is 4. The van der Waals surface area contributed by atoms with Crippen LogP contribution in [0.25, 0.3) is 0 Å². The number of methoxy groups -OCH3 is 1. The second kappa shape index (κ2) is 25.7. The molecule has 0 aromatic carbocycles. The van der Waals surface area contributed by atoms with Gasteiger partial charge in [-0.05, 0) is 25.7 Å². The average Bonchev–Trinajstić information content (AvgIpc) is 2.85. The highest BCUT2D eigenvalue weighted by atomic mass is 16.5. The number of ketones is 1. The van der Waals surface area contributed by atoms with E-state index in [1.54, 1.807) is 7.11 Å². The molecule has 1 amide bonds. The van der Waals surface area contributed by atoms with Crippen LogP contribution in [0, 0.1) is 0 Å². The van der Waals surface area contributed by atoms with Crippen LogP contribution in [-0.2, 0) is 23.9 Å². The van der Waals surface area contributed by atoms with Gasteiger partial charge in [-0.25, -0.2) is 4.79 Å². The zero-order valence-electron chi connectivity index (χ0n) is 23.3. The van der Waals surface area contributed by atoms with Gasteiger partial charge in [0.05, 0.1) is 0 Å². The Morgan fingerprint density at radius 3 is 1.43 bits per heavy atom. The number of amides is 1. The van der Waals surface area contributed by atoms with Gasteiger partial charge in [0.25, 0.3) is 0 Å². The molecule has 0 aliphatic rings. The van der Waals surface area contributed by atoms with Gasteiger partial charge in [0.2, 0.25) is 5.91 Å². The van der Waals surface area contributed by atoms with E-state index in [-0.39, 0.29) is 24.5 Å². The first kappa shape index (κ1) is 35.0. The Morgan fingerprint density at radius 1 is 0.595 bits per heavy atom. The molecule has 8 nitrogen and oxygen atoms in total. The molecule has 0 saturated carbocycles. The van der Waals surface area contributed by atoms with Crippen LogP contribution in [0.4, 0.5) is 0 Å².